The molecule has 0 bridgehead atoms. The molecule has 0 spiro atoms. The van der Waals surface area contributed by atoms with E-state index < -0.39 is 0 Å². The fourth-order valence-electron chi connectivity index (χ4n) is 1.86. The van der Waals surface area contributed by atoms with Crippen molar-refractivity contribution in [2.75, 3.05) is 6.54 Å². The Morgan fingerprint density at radius 3 is 3.12 bits per heavy atom. The van der Waals surface area contributed by atoms with Gasteiger partial charge in [-0.25, -0.2) is 0 Å². The molecule has 0 radical (unpaired) electrons. The summed E-state index contributed by atoms with van der Waals surface area (Å²) >= 11 is 1.88. The highest BCUT2D eigenvalue weighted by molar-refractivity contribution is 8.14. The molecule has 1 fully saturated rings. The highest BCUT2D eigenvalue weighted by atomic mass is 32.2. The minimum absolute atomic E-state index is 0.685. The van der Waals surface area contributed by atoms with E-state index in [2.05, 4.69) is 15.5 Å². The van der Waals surface area contributed by atoms with Crippen molar-refractivity contribution in [1.29, 1.82) is 0 Å². The molecule has 0 aromatic carbocycles. The van der Waals surface area contributed by atoms with E-state index in [1.165, 1.54) is 12.8 Å². The zero-order valence-electron chi connectivity index (χ0n) is 9.27. The maximum absolute atomic E-state index is 5.13. The Labute approximate surface area is 98.9 Å². The van der Waals surface area contributed by atoms with Gasteiger partial charge in [-0.3, -0.25) is 4.99 Å². The summed E-state index contributed by atoms with van der Waals surface area (Å²) in [6.07, 6.45) is 2.78. The average molecular weight is 237 g/mol. The smallest absolute Gasteiger partial charge is 0.157 e. The first-order valence-corrected chi connectivity index (χ1v) is 6.56. The second-order valence-electron chi connectivity index (χ2n) is 4.43. The summed E-state index contributed by atoms with van der Waals surface area (Å²) in [7, 11) is 0. The summed E-state index contributed by atoms with van der Waals surface area (Å²) in [4.78, 5) is 4.51. The van der Waals surface area contributed by atoms with Crippen LogP contribution >= 0.6 is 11.8 Å². The highest BCUT2D eigenvalue weighted by Crippen LogP contribution is 2.41. The molecule has 0 saturated heterocycles. The minimum Gasteiger partial charge on any atom is -0.359 e. The number of thioether (sulfide) groups is 1. The molecule has 1 aromatic rings. The first kappa shape index (κ1) is 10.2. The number of rotatable bonds is 3. The van der Waals surface area contributed by atoms with Crippen molar-refractivity contribution in [3.05, 3.63) is 17.5 Å². The minimum atomic E-state index is 0.685. The number of hydrogen-bond donors (Lipinski definition) is 1. The van der Waals surface area contributed by atoms with Crippen molar-refractivity contribution >= 4 is 16.9 Å². The summed E-state index contributed by atoms with van der Waals surface area (Å²) in [5.74, 6) is 1.79. The quantitative estimate of drug-likeness (QED) is 0.873. The van der Waals surface area contributed by atoms with E-state index in [0.29, 0.717) is 6.54 Å². The number of aryl methyl sites for hydroxylation is 1. The Morgan fingerprint density at radius 1 is 1.56 bits per heavy atom. The predicted molar refractivity (Wildman–Crippen MR) is 64.5 cm³/mol. The van der Waals surface area contributed by atoms with Crippen molar-refractivity contribution in [2.24, 2.45) is 10.9 Å². The molecule has 3 rings (SSSR count). The summed E-state index contributed by atoms with van der Waals surface area (Å²) in [6.45, 7) is 3.59. The van der Waals surface area contributed by atoms with Crippen molar-refractivity contribution in [3.8, 4) is 0 Å². The van der Waals surface area contributed by atoms with Gasteiger partial charge in [-0.15, -0.1) is 0 Å². The van der Waals surface area contributed by atoms with Gasteiger partial charge in [-0.1, -0.05) is 16.9 Å². The summed E-state index contributed by atoms with van der Waals surface area (Å²) in [5.41, 5.74) is 0.925. The van der Waals surface area contributed by atoms with Crippen LogP contribution < -0.4 is 5.32 Å². The van der Waals surface area contributed by atoms with Crippen molar-refractivity contribution < 1.29 is 4.52 Å². The SMILES string of the molecule is Cc1cc(CNC2=NCC(C3CC3)S2)on1. The predicted octanol–water partition coefficient (Wildman–Crippen LogP) is 1.95. The van der Waals surface area contributed by atoms with Crippen LogP contribution in [0, 0.1) is 12.8 Å². The van der Waals surface area contributed by atoms with Crippen LogP contribution in [0.5, 0.6) is 0 Å². The molecule has 2 aliphatic rings. The van der Waals surface area contributed by atoms with Gasteiger partial charge in [0.15, 0.2) is 10.9 Å². The molecule has 86 valence electrons. The van der Waals surface area contributed by atoms with E-state index in [1.807, 2.05) is 24.8 Å². The van der Waals surface area contributed by atoms with Gasteiger partial charge in [0.05, 0.1) is 18.8 Å². The lowest BCUT2D eigenvalue weighted by atomic mass is 10.3. The molecule has 5 heteroatoms. The topological polar surface area (TPSA) is 50.4 Å². The lowest BCUT2D eigenvalue weighted by Gasteiger charge is -2.05. The summed E-state index contributed by atoms with van der Waals surface area (Å²) in [5, 5.41) is 8.94. The van der Waals surface area contributed by atoms with E-state index >= 15 is 0 Å². The lowest BCUT2D eigenvalue weighted by Crippen LogP contribution is -2.18. The van der Waals surface area contributed by atoms with Crippen LogP contribution in [0.1, 0.15) is 24.3 Å². The van der Waals surface area contributed by atoms with E-state index in [1.54, 1.807) is 0 Å². The van der Waals surface area contributed by atoms with Crippen LogP contribution in [0.4, 0.5) is 0 Å². The third kappa shape index (κ3) is 2.24. The number of amidine groups is 1. The van der Waals surface area contributed by atoms with Crippen molar-refractivity contribution in [2.45, 2.75) is 31.6 Å². The number of hydrogen-bond acceptors (Lipinski definition) is 5. The van der Waals surface area contributed by atoms with Gasteiger partial charge in [-0.2, -0.15) is 0 Å². The Hall–Kier alpha value is -0.970. The number of aliphatic imine (C=N–C) groups is 1. The van der Waals surface area contributed by atoms with Gasteiger partial charge in [0.2, 0.25) is 0 Å². The molecule has 0 amide bonds. The first-order chi connectivity index (χ1) is 7.81. The third-order valence-electron chi connectivity index (χ3n) is 2.92. The molecule has 16 heavy (non-hydrogen) atoms. The number of aromatic nitrogens is 1. The summed E-state index contributed by atoms with van der Waals surface area (Å²) in [6, 6.07) is 1.95. The maximum Gasteiger partial charge on any atom is 0.157 e. The maximum atomic E-state index is 5.13. The van der Waals surface area contributed by atoms with E-state index in [4.69, 9.17) is 4.52 Å². The Balaban J connectivity index is 1.49. The van der Waals surface area contributed by atoms with Crippen molar-refractivity contribution in [1.82, 2.24) is 10.5 Å². The molecule has 1 saturated carbocycles. The zero-order chi connectivity index (χ0) is 11.0. The fourth-order valence-corrected chi connectivity index (χ4v) is 3.07. The Bertz CT molecular complexity index is 411. The Morgan fingerprint density at radius 2 is 2.44 bits per heavy atom. The number of nitrogens with zero attached hydrogens (tertiary/aromatic N) is 2. The van der Waals surface area contributed by atoms with Gasteiger partial charge >= 0.3 is 0 Å². The van der Waals surface area contributed by atoms with Gasteiger partial charge in [0.25, 0.3) is 0 Å². The molecule has 2 heterocycles. The molecule has 4 nitrogen and oxygen atoms in total. The summed E-state index contributed by atoms with van der Waals surface area (Å²) < 4.78 is 5.13. The van der Waals surface area contributed by atoms with Crippen LogP contribution in [-0.2, 0) is 6.54 Å². The second-order valence-corrected chi connectivity index (χ2v) is 5.66. The standard InChI is InChI=1S/C11H15N3OS/c1-7-4-9(15-14-7)5-12-11-13-6-10(16-11)8-2-3-8/h4,8,10H,2-3,5-6H2,1H3,(H,12,13). The molecular formula is C11H15N3OS. The lowest BCUT2D eigenvalue weighted by molar-refractivity contribution is 0.377. The van der Waals surface area contributed by atoms with Crippen LogP contribution in [0.3, 0.4) is 0 Å². The van der Waals surface area contributed by atoms with Gasteiger partial charge in [-0.05, 0) is 25.7 Å². The van der Waals surface area contributed by atoms with Gasteiger partial charge in [0.1, 0.15) is 0 Å². The number of nitrogens with one attached hydrogen (secondary N) is 1. The Kier molecular flexibility index (Phi) is 2.63. The van der Waals surface area contributed by atoms with Gasteiger partial charge in [0, 0.05) is 11.3 Å². The largest absolute Gasteiger partial charge is 0.359 e. The molecule has 1 aromatic heterocycles. The molecule has 1 aliphatic carbocycles. The van der Waals surface area contributed by atoms with Crippen LogP contribution in [-0.4, -0.2) is 22.1 Å². The highest BCUT2D eigenvalue weighted by Gasteiger charge is 2.35. The van der Waals surface area contributed by atoms with Crippen LogP contribution in [0.2, 0.25) is 0 Å². The monoisotopic (exact) mass is 237 g/mol. The average Bonchev–Trinajstić information content (AvgIpc) is 2.87. The molecule has 1 aliphatic heterocycles. The normalized spacial score (nSPS) is 24.6. The van der Waals surface area contributed by atoms with Crippen LogP contribution in [0.15, 0.2) is 15.6 Å². The molecular weight excluding hydrogens is 222 g/mol. The van der Waals surface area contributed by atoms with E-state index in [9.17, 15) is 0 Å². The molecule has 1 N–H and O–H groups in total. The van der Waals surface area contributed by atoms with E-state index in [-0.39, 0.29) is 0 Å². The van der Waals surface area contributed by atoms with E-state index in [0.717, 1.165) is 34.3 Å². The van der Waals surface area contributed by atoms with Crippen molar-refractivity contribution in [3.63, 3.8) is 0 Å². The zero-order valence-corrected chi connectivity index (χ0v) is 10.1. The fraction of sp³-hybridized carbons (Fsp3) is 0.636. The first-order valence-electron chi connectivity index (χ1n) is 5.68. The third-order valence-corrected chi connectivity index (χ3v) is 4.25. The molecule has 1 atom stereocenters. The second kappa shape index (κ2) is 4.13. The van der Waals surface area contributed by atoms with Crippen LogP contribution in [0.25, 0.3) is 0 Å². The van der Waals surface area contributed by atoms with Gasteiger partial charge < -0.3 is 9.84 Å². The molecule has 1 unspecified atom stereocenters.